The quantitative estimate of drug-likeness (QED) is 0.695. The molecule has 0 saturated carbocycles. The van der Waals surface area contributed by atoms with Gasteiger partial charge in [0.15, 0.2) is 0 Å². The van der Waals surface area contributed by atoms with Crippen molar-refractivity contribution in [3.05, 3.63) is 11.6 Å². The number of amides is 1. The van der Waals surface area contributed by atoms with E-state index in [1.807, 2.05) is 0 Å². The van der Waals surface area contributed by atoms with Gasteiger partial charge >= 0.3 is 0 Å². The number of nitrogens with one attached hydrogen (secondary N) is 1. The molecule has 1 N–H and O–H groups in total. The maximum Gasteiger partial charge on any atom is 0.291 e. The van der Waals surface area contributed by atoms with Gasteiger partial charge in [-0.3, -0.25) is 4.79 Å². The van der Waals surface area contributed by atoms with Crippen molar-refractivity contribution >= 4 is 15.9 Å². The molecule has 0 atom stereocenters. The Hall–Kier alpha value is -1.48. The van der Waals surface area contributed by atoms with Crippen LogP contribution in [0.15, 0.2) is 0 Å². The lowest BCUT2D eigenvalue weighted by atomic mass is 10.2. The molecule has 1 aliphatic rings. The van der Waals surface area contributed by atoms with Gasteiger partial charge in [-0.25, -0.2) is 13.1 Å². The van der Waals surface area contributed by atoms with E-state index >= 15 is 0 Å². The van der Waals surface area contributed by atoms with Gasteiger partial charge in [0.05, 0.1) is 12.3 Å². The summed E-state index contributed by atoms with van der Waals surface area (Å²) >= 11 is 0. The zero-order chi connectivity index (χ0) is 16.2. The fourth-order valence-electron chi connectivity index (χ4n) is 2.35. The molecule has 1 aromatic rings. The maximum atomic E-state index is 11.9. The van der Waals surface area contributed by atoms with Crippen LogP contribution in [-0.2, 0) is 23.1 Å². The molecule has 22 heavy (non-hydrogen) atoms. The molecular formula is C13H23N5O3S. The largest absolute Gasteiger partial charge is 0.337 e. The van der Waals surface area contributed by atoms with E-state index in [0.29, 0.717) is 25.3 Å². The smallest absolute Gasteiger partial charge is 0.291 e. The van der Waals surface area contributed by atoms with E-state index < -0.39 is 10.0 Å². The first-order chi connectivity index (χ1) is 10.4. The van der Waals surface area contributed by atoms with E-state index in [1.165, 1.54) is 0 Å². The molecule has 0 aromatic carbocycles. The third-order valence-electron chi connectivity index (χ3n) is 3.74. The SMILES string of the molecule is CCCCCCS(=O)(=O)NCc1nnc2n1CCN(C)C2=O. The molecule has 1 aromatic heterocycles. The average Bonchev–Trinajstić information content (AvgIpc) is 2.89. The minimum absolute atomic E-state index is 0.0695. The van der Waals surface area contributed by atoms with Gasteiger partial charge in [-0.2, -0.15) is 0 Å². The standard InChI is InChI=1S/C13H23N5O3S/c1-3-4-5-6-9-22(20,21)14-10-11-15-16-12-13(19)17(2)7-8-18(11)12/h14H,3-10H2,1-2H3. The molecule has 0 radical (unpaired) electrons. The number of rotatable bonds is 8. The van der Waals surface area contributed by atoms with E-state index in [1.54, 1.807) is 16.5 Å². The molecular weight excluding hydrogens is 306 g/mol. The van der Waals surface area contributed by atoms with E-state index in [2.05, 4.69) is 21.8 Å². The van der Waals surface area contributed by atoms with E-state index in [9.17, 15) is 13.2 Å². The van der Waals surface area contributed by atoms with Crippen LogP contribution in [0, 0.1) is 0 Å². The summed E-state index contributed by atoms with van der Waals surface area (Å²) < 4.78 is 28.1. The number of likely N-dealkylation sites (N-methyl/N-ethyl adjacent to an activating group) is 1. The monoisotopic (exact) mass is 329 g/mol. The highest BCUT2D eigenvalue weighted by Gasteiger charge is 2.26. The average molecular weight is 329 g/mol. The van der Waals surface area contributed by atoms with Crippen LogP contribution in [0.25, 0.3) is 0 Å². The van der Waals surface area contributed by atoms with Gasteiger partial charge in [0, 0.05) is 20.1 Å². The van der Waals surface area contributed by atoms with Crippen molar-refractivity contribution in [3.8, 4) is 0 Å². The van der Waals surface area contributed by atoms with E-state index in [-0.39, 0.29) is 24.0 Å². The number of carbonyl (C=O) groups is 1. The fraction of sp³-hybridized carbons (Fsp3) is 0.769. The summed E-state index contributed by atoms with van der Waals surface area (Å²) in [6.45, 7) is 3.30. The molecule has 124 valence electrons. The highest BCUT2D eigenvalue weighted by atomic mass is 32.2. The fourth-order valence-corrected chi connectivity index (χ4v) is 3.42. The predicted octanol–water partition coefficient (Wildman–Crippen LogP) is 0.363. The molecule has 0 unspecified atom stereocenters. The zero-order valence-corrected chi connectivity index (χ0v) is 13.9. The molecule has 2 rings (SSSR count). The lowest BCUT2D eigenvalue weighted by molar-refractivity contribution is 0.0740. The molecule has 9 heteroatoms. The Morgan fingerprint density at radius 3 is 2.68 bits per heavy atom. The highest BCUT2D eigenvalue weighted by Crippen LogP contribution is 2.11. The van der Waals surface area contributed by atoms with Crippen LogP contribution in [0.3, 0.4) is 0 Å². The Bertz CT molecular complexity index is 626. The first-order valence-corrected chi connectivity index (χ1v) is 9.24. The van der Waals surface area contributed by atoms with Crippen LogP contribution in [0.4, 0.5) is 0 Å². The van der Waals surface area contributed by atoms with Gasteiger partial charge in [-0.05, 0) is 6.42 Å². The first-order valence-electron chi connectivity index (χ1n) is 7.59. The Labute approximate surface area is 130 Å². The molecule has 0 fully saturated rings. The van der Waals surface area contributed by atoms with E-state index in [4.69, 9.17) is 0 Å². The third kappa shape index (κ3) is 4.04. The topological polar surface area (TPSA) is 97.2 Å². The minimum atomic E-state index is -3.32. The van der Waals surface area contributed by atoms with Crippen LogP contribution in [0.5, 0.6) is 0 Å². The van der Waals surface area contributed by atoms with Gasteiger partial charge in [-0.15, -0.1) is 10.2 Å². The molecule has 1 amide bonds. The number of hydrogen-bond donors (Lipinski definition) is 1. The number of unbranched alkanes of at least 4 members (excludes halogenated alkanes) is 3. The van der Waals surface area contributed by atoms with Gasteiger partial charge < -0.3 is 9.47 Å². The molecule has 0 aliphatic carbocycles. The summed E-state index contributed by atoms with van der Waals surface area (Å²) in [6, 6.07) is 0. The Kier molecular flexibility index (Phi) is 5.52. The number of carbonyl (C=O) groups excluding carboxylic acids is 1. The lowest BCUT2D eigenvalue weighted by Gasteiger charge is -2.23. The van der Waals surface area contributed by atoms with Crippen molar-refractivity contribution in [1.29, 1.82) is 0 Å². The molecule has 2 heterocycles. The number of fused-ring (bicyclic) bond motifs is 1. The molecule has 0 bridgehead atoms. The minimum Gasteiger partial charge on any atom is -0.337 e. The van der Waals surface area contributed by atoms with Gasteiger partial charge in [0.25, 0.3) is 5.91 Å². The molecule has 8 nitrogen and oxygen atoms in total. The van der Waals surface area contributed by atoms with Crippen molar-refractivity contribution in [1.82, 2.24) is 24.4 Å². The van der Waals surface area contributed by atoms with Gasteiger partial charge in [-0.1, -0.05) is 26.2 Å². The lowest BCUT2D eigenvalue weighted by Crippen LogP contribution is -2.38. The van der Waals surface area contributed by atoms with Crippen molar-refractivity contribution in [3.63, 3.8) is 0 Å². The Morgan fingerprint density at radius 2 is 1.95 bits per heavy atom. The van der Waals surface area contributed by atoms with Crippen LogP contribution in [-0.4, -0.2) is 53.3 Å². The third-order valence-corrected chi connectivity index (χ3v) is 5.15. The summed E-state index contributed by atoms with van der Waals surface area (Å²) in [4.78, 5) is 13.5. The molecule has 0 spiro atoms. The number of aromatic nitrogens is 3. The summed E-state index contributed by atoms with van der Waals surface area (Å²) in [7, 11) is -1.61. The number of nitrogens with zero attached hydrogens (tertiary/aromatic N) is 4. The maximum absolute atomic E-state index is 11.9. The first kappa shape index (κ1) is 16.9. The predicted molar refractivity (Wildman–Crippen MR) is 81.8 cm³/mol. The van der Waals surface area contributed by atoms with Crippen LogP contribution in [0.2, 0.25) is 0 Å². The zero-order valence-electron chi connectivity index (χ0n) is 13.1. The van der Waals surface area contributed by atoms with Crippen molar-refractivity contribution in [2.75, 3.05) is 19.3 Å². The normalized spacial score (nSPS) is 15.2. The summed E-state index contributed by atoms with van der Waals surface area (Å²) in [5.74, 6) is 0.683. The Balaban J connectivity index is 1.92. The van der Waals surface area contributed by atoms with Crippen LogP contribution < -0.4 is 4.72 Å². The number of hydrogen-bond acceptors (Lipinski definition) is 5. The van der Waals surface area contributed by atoms with Crippen molar-refractivity contribution in [2.45, 2.75) is 45.7 Å². The number of sulfonamides is 1. The van der Waals surface area contributed by atoms with Crippen molar-refractivity contribution < 1.29 is 13.2 Å². The van der Waals surface area contributed by atoms with Crippen LogP contribution in [0.1, 0.15) is 49.1 Å². The second kappa shape index (κ2) is 7.19. The summed E-state index contributed by atoms with van der Waals surface area (Å²) in [5, 5.41) is 7.80. The molecule has 1 aliphatic heterocycles. The summed E-state index contributed by atoms with van der Waals surface area (Å²) in [6.07, 6.45) is 3.69. The van der Waals surface area contributed by atoms with Gasteiger partial charge in [0.1, 0.15) is 5.82 Å². The van der Waals surface area contributed by atoms with Gasteiger partial charge in [0.2, 0.25) is 15.8 Å². The summed E-state index contributed by atoms with van der Waals surface area (Å²) in [5.41, 5.74) is 0. The second-order valence-electron chi connectivity index (χ2n) is 5.52. The Morgan fingerprint density at radius 1 is 1.18 bits per heavy atom. The molecule has 0 saturated heterocycles. The highest BCUT2D eigenvalue weighted by molar-refractivity contribution is 7.89. The van der Waals surface area contributed by atoms with Crippen LogP contribution >= 0.6 is 0 Å². The van der Waals surface area contributed by atoms with Crippen molar-refractivity contribution in [2.24, 2.45) is 0 Å². The van der Waals surface area contributed by atoms with E-state index in [0.717, 1.165) is 19.3 Å². The second-order valence-corrected chi connectivity index (χ2v) is 7.45.